The highest BCUT2D eigenvalue weighted by atomic mass is 35.5. The SMILES string of the molecule is O=C1CCN(C(=O)c2ccc(-c3ccc(Cl)cc3)c(COc3ccc(-c4nc5cc(C(=O)O)ccc5n4C4CCCCC4)cc3)c2)CC1. The van der Waals surface area contributed by atoms with E-state index in [0.29, 0.717) is 53.8 Å². The van der Waals surface area contributed by atoms with Crippen molar-refractivity contribution in [2.24, 2.45) is 0 Å². The Bertz CT molecular complexity index is 1990. The minimum atomic E-state index is -0.968. The van der Waals surface area contributed by atoms with Crippen LogP contribution in [0.1, 0.15) is 77.3 Å². The van der Waals surface area contributed by atoms with Gasteiger partial charge in [-0.05, 0) is 96.3 Å². The van der Waals surface area contributed by atoms with Gasteiger partial charge < -0.3 is 19.3 Å². The summed E-state index contributed by atoms with van der Waals surface area (Å²) < 4.78 is 8.61. The van der Waals surface area contributed by atoms with Crippen molar-refractivity contribution in [3.8, 4) is 28.3 Å². The minimum absolute atomic E-state index is 0.0907. The van der Waals surface area contributed by atoms with Crippen LogP contribution in [0.3, 0.4) is 0 Å². The number of carboxylic acids is 1. The van der Waals surface area contributed by atoms with E-state index < -0.39 is 5.97 Å². The number of carbonyl (C=O) groups excluding carboxylic acids is 2. The van der Waals surface area contributed by atoms with Crippen LogP contribution in [-0.2, 0) is 11.4 Å². The average Bonchev–Trinajstić information content (AvgIpc) is 3.50. The number of carbonyl (C=O) groups is 3. The van der Waals surface area contributed by atoms with Gasteiger partial charge in [0.1, 0.15) is 24.0 Å². The number of halogens is 1. The normalized spacial score (nSPS) is 15.5. The predicted octanol–water partition coefficient (Wildman–Crippen LogP) is 8.61. The summed E-state index contributed by atoms with van der Waals surface area (Å²) in [5, 5.41) is 10.2. The molecule has 8 nitrogen and oxygen atoms in total. The number of fused-ring (bicyclic) bond motifs is 1. The molecule has 1 saturated heterocycles. The third-order valence-corrected chi connectivity index (χ3v) is 9.75. The van der Waals surface area contributed by atoms with Crippen LogP contribution in [0, 0.1) is 0 Å². The first-order valence-corrected chi connectivity index (χ1v) is 16.9. The Labute approximate surface area is 283 Å². The van der Waals surface area contributed by atoms with Crippen molar-refractivity contribution in [3.05, 3.63) is 107 Å². The second kappa shape index (κ2) is 13.6. The molecule has 7 rings (SSSR count). The van der Waals surface area contributed by atoms with Gasteiger partial charge in [-0.15, -0.1) is 0 Å². The van der Waals surface area contributed by atoms with Gasteiger partial charge in [-0.1, -0.05) is 49.1 Å². The van der Waals surface area contributed by atoms with E-state index >= 15 is 0 Å². The monoisotopic (exact) mass is 661 g/mol. The molecule has 1 aliphatic carbocycles. The van der Waals surface area contributed by atoms with Crippen molar-refractivity contribution in [2.75, 3.05) is 13.1 Å². The molecule has 1 aromatic heterocycles. The lowest BCUT2D eigenvalue weighted by Gasteiger charge is -2.26. The van der Waals surface area contributed by atoms with Crippen molar-refractivity contribution in [1.29, 1.82) is 0 Å². The summed E-state index contributed by atoms with van der Waals surface area (Å²) in [7, 11) is 0. The highest BCUT2D eigenvalue weighted by Gasteiger charge is 2.24. The smallest absolute Gasteiger partial charge is 0.335 e. The second-order valence-corrected chi connectivity index (χ2v) is 13.1. The van der Waals surface area contributed by atoms with Crippen LogP contribution in [0.2, 0.25) is 5.02 Å². The number of ketones is 1. The molecular weight excluding hydrogens is 626 g/mol. The summed E-state index contributed by atoms with van der Waals surface area (Å²) in [6.45, 7) is 1.10. The summed E-state index contributed by atoms with van der Waals surface area (Å²) in [6, 6.07) is 26.6. The number of imidazole rings is 1. The quantitative estimate of drug-likeness (QED) is 0.179. The molecule has 1 saturated carbocycles. The van der Waals surface area contributed by atoms with Crippen LogP contribution in [0.4, 0.5) is 0 Å². The third-order valence-electron chi connectivity index (χ3n) is 9.50. The van der Waals surface area contributed by atoms with E-state index in [2.05, 4.69) is 4.57 Å². The first kappa shape index (κ1) is 31.6. The van der Waals surface area contributed by atoms with Crippen molar-refractivity contribution >= 4 is 40.3 Å². The largest absolute Gasteiger partial charge is 0.489 e. The number of hydrogen-bond acceptors (Lipinski definition) is 5. The van der Waals surface area contributed by atoms with Crippen LogP contribution >= 0.6 is 11.6 Å². The zero-order valence-corrected chi connectivity index (χ0v) is 27.3. The number of hydrogen-bond donors (Lipinski definition) is 1. The van der Waals surface area contributed by atoms with Crippen molar-refractivity contribution in [1.82, 2.24) is 14.5 Å². The summed E-state index contributed by atoms with van der Waals surface area (Å²) in [5.41, 5.74) is 6.09. The molecule has 0 bridgehead atoms. The first-order valence-electron chi connectivity index (χ1n) is 16.5. The number of ether oxygens (including phenoxy) is 1. The molecule has 5 aromatic rings. The van der Waals surface area contributed by atoms with E-state index in [1.807, 2.05) is 72.8 Å². The Morgan fingerprint density at radius 1 is 0.833 bits per heavy atom. The van der Waals surface area contributed by atoms with E-state index in [0.717, 1.165) is 59.3 Å². The molecular formula is C39H36ClN3O5. The van der Waals surface area contributed by atoms with Gasteiger partial charge in [-0.2, -0.15) is 0 Å². The van der Waals surface area contributed by atoms with Crippen molar-refractivity contribution < 1.29 is 24.2 Å². The predicted molar refractivity (Wildman–Crippen MR) is 186 cm³/mol. The van der Waals surface area contributed by atoms with E-state index in [1.165, 1.54) is 6.42 Å². The number of likely N-dealkylation sites (tertiary alicyclic amines) is 1. The first-order chi connectivity index (χ1) is 23.3. The summed E-state index contributed by atoms with van der Waals surface area (Å²) >= 11 is 6.17. The molecule has 1 aliphatic heterocycles. The summed E-state index contributed by atoms with van der Waals surface area (Å²) in [6.07, 6.45) is 6.45. The number of nitrogens with zero attached hydrogens (tertiary/aromatic N) is 3. The number of amides is 1. The molecule has 2 heterocycles. The zero-order valence-electron chi connectivity index (χ0n) is 26.5. The van der Waals surface area contributed by atoms with E-state index in [9.17, 15) is 19.5 Å². The minimum Gasteiger partial charge on any atom is -0.489 e. The van der Waals surface area contributed by atoms with Crippen LogP contribution < -0.4 is 4.74 Å². The highest BCUT2D eigenvalue weighted by Crippen LogP contribution is 2.37. The Kier molecular flexibility index (Phi) is 9.00. The topological polar surface area (TPSA) is 102 Å². The standard InChI is InChI=1S/C39H36ClN3O5/c40-30-12-6-25(7-13-30)34-16-10-27(38(45)42-20-18-32(44)19-21-42)22-29(34)24-48-33-14-8-26(9-15-33)37-41-35-23-28(39(46)47)11-17-36(35)43(37)31-4-2-1-3-5-31/h6-17,22-23,31H,1-5,18-21,24H2,(H,46,47). The molecule has 4 aromatic carbocycles. The van der Waals surface area contributed by atoms with Gasteiger partial charge >= 0.3 is 5.97 Å². The van der Waals surface area contributed by atoms with Crippen molar-refractivity contribution in [3.63, 3.8) is 0 Å². The summed E-state index contributed by atoms with van der Waals surface area (Å²) in [5.74, 6) is 0.620. The molecule has 1 amide bonds. The molecule has 2 fully saturated rings. The number of Topliss-reactive ketones (excluding diaryl/α,β-unsaturated/α-hetero) is 1. The molecule has 1 N–H and O–H groups in total. The maximum atomic E-state index is 13.4. The van der Waals surface area contributed by atoms with Crippen LogP contribution in [0.25, 0.3) is 33.5 Å². The van der Waals surface area contributed by atoms with E-state index in [-0.39, 0.29) is 23.9 Å². The molecule has 2 aliphatic rings. The van der Waals surface area contributed by atoms with E-state index in [1.54, 1.807) is 17.0 Å². The number of rotatable bonds is 8. The van der Waals surface area contributed by atoms with Crippen LogP contribution in [0.15, 0.2) is 84.9 Å². The Balaban J connectivity index is 1.16. The van der Waals surface area contributed by atoms with Gasteiger partial charge in [-0.3, -0.25) is 9.59 Å². The highest BCUT2D eigenvalue weighted by molar-refractivity contribution is 6.30. The molecule has 244 valence electrons. The number of benzene rings is 4. The Morgan fingerprint density at radius 2 is 1.52 bits per heavy atom. The number of aromatic carboxylic acids is 1. The summed E-state index contributed by atoms with van der Waals surface area (Å²) in [4.78, 5) is 43.5. The molecule has 0 unspecified atom stereocenters. The van der Waals surface area contributed by atoms with Crippen LogP contribution in [0.5, 0.6) is 5.75 Å². The fourth-order valence-electron chi connectivity index (χ4n) is 6.90. The van der Waals surface area contributed by atoms with E-state index in [4.69, 9.17) is 21.3 Å². The van der Waals surface area contributed by atoms with Gasteiger partial charge in [-0.25, -0.2) is 9.78 Å². The van der Waals surface area contributed by atoms with Gasteiger partial charge in [0.25, 0.3) is 5.91 Å². The fraction of sp³-hybridized carbons (Fsp3) is 0.282. The molecule has 0 radical (unpaired) electrons. The average molecular weight is 662 g/mol. The lowest BCUT2D eigenvalue weighted by atomic mass is 9.95. The lowest BCUT2D eigenvalue weighted by Crippen LogP contribution is -2.38. The Morgan fingerprint density at radius 3 is 2.23 bits per heavy atom. The fourth-order valence-corrected chi connectivity index (χ4v) is 7.03. The maximum absolute atomic E-state index is 13.4. The lowest BCUT2D eigenvalue weighted by molar-refractivity contribution is -0.120. The second-order valence-electron chi connectivity index (χ2n) is 12.6. The third kappa shape index (κ3) is 6.58. The number of aromatic nitrogens is 2. The van der Waals surface area contributed by atoms with Crippen molar-refractivity contribution in [2.45, 2.75) is 57.6 Å². The Hall–Kier alpha value is -4.95. The van der Waals surface area contributed by atoms with Gasteiger partial charge in [0.15, 0.2) is 0 Å². The van der Waals surface area contributed by atoms with Gasteiger partial charge in [0, 0.05) is 48.1 Å². The molecule has 48 heavy (non-hydrogen) atoms. The molecule has 0 spiro atoms. The number of piperidine rings is 1. The molecule has 0 atom stereocenters. The zero-order chi connectivity index (χ0) is 33.2. The number of carboxylic acid groups (broad SMARTS) is 1. The van der Waals surface area contributed by atoms with Crippen LogP contribution in [-0.4, -0.2) is 50.3 Å². The van der Waals surface area contributed by atoms with Gasteiger partial charge in [0.05, 0.1) is 16.6 Å². The molecule has 9 heteroatoms. The van der Waals surface area contributed by atoms with Gasteiger partial charge in [0.2, 0.25) is 0 Å². The maximum Gasteiger partial charge on any atom is 0.335 e.